The van der Waals surface area contributed by atoms with Gasteiger partial charge in [0.05, 0.1) is 0 Å². The Morgan fingerprint density at radius 2 is 1.61 bits per heavy atom. The lowest BCUT2D eigenvalue weighted by Gasteiger charge is -2.28. The highest BCUT2D eigenvalue weighted by atomic mass is 14.7. The molecule has 1 atom stereocenters. The molecule has 1 unspecified atom stereocenters. The molecule has 0 aliphatic heterocycles. The van der Waals surface area contributed by atoms with Crippen molar-refractivity contribution in [3.63, 3.8) is 0 Å². The number of nitrogens with two attached hydrogens (primary N) is 1. The Bertz CT molecular complexity index is 307. The lowest BCUT2D eigenvalue weighted by molar-refractivity contribution is 0.359. The molecule has 18 heavy (non-hydrogen) atoms. The second-order valence-electron chi connectivity index (χ2n) is 5.54. The van der Waals surface area contributed by atoms with Crippen molar-refractivity contribution in [1.29, 1.82) is 0 Å². The molecule has 1 rings (SSSR count). The number of unbranched alkanes of at least 4 members (excludes halogenated alkanes) is 4. The summed E-state index contributed by atoms with van der Waals surface area (Å²) in [5.74, 6) is 0. The summed E-state index contributed by atoms with van der Waals surface area (Å²) in [6, 6.07) is 10.7. The van der Waals surface area contributed by atoms with E-state index >= 15 is 0 Å². The van der Waals surface area contributed by atoms with Crippen molar-refractivity contribution in [1.82, 2.24) is 0 Å². The number of rotatable bonds is 9. The van der Waals surface area contributed by atoms with Gasteiger partial charge in [-0.1, -0.05) is 76.3 Å². The molecule has 0 fully saturated rings. The summed E-state index contributed by atoms with van der Waals surface area (Å²) in [5.41, 5.74) is 7.91. The van der Waals surface area contributed by atoms with Crippen LogP contribution in [0.3, 0.4) is 0 Å². The molecule has 2 N–H and O–H groups in total. The van der Waals surface area contributed by atoms with E-state index in [9.17, 15) is 0 Å². The first kappa shape index (κ1) is 15.2. The zero-order valence-corrected chi connectivity index (χ0v) is 12.1. The van der Waals surface area contributed by atoms with Crippen molar-refractivity contribution >= 4 is 0 Å². The minimum atomic E-state index is -0.00638. The molecule has 0 aliphatic carbocycles. The average Bonchev–Trinajstić information content (AvgIpc) is 2.40. The van der Waals surface area contributed by atoms with Crippen molar-refractivity contribution in [3.05, 3.63) is 35.9 Å². The SMILES string of the molecule is CCCCCCCC(N)(CC)Cc1ccccc1. The first-order valence-corrected chi connectivity index (χ1v) is 7.53. The molecule has 0 aliphatic rings. The number of hydrogen-bond acceptors (Lipinski definition) is 1. The zero-order valence-electron chi connectivity index (χ0n) is 12.1. The molecule has 0 bridgehead atoms. The molecular weight excluding hydrogens is 218 g/mol. The van der Waals surface area contributed by atoms with Crippen LogP contribution < -0.4 is 5.73 Å². The van der Waals surface area contributed by atoms with Gasteiger partial charge in [0.2, 0.25) is 0 Å². The largest absolute Gasteiger partial charge is 0.325 e. The average molecular weight is 247 g/mol. The highest BCUT2D eigenvalue weighted by Crippen LogP contribution is 2.22. The van der Waals surface area contributed by atoms with E-state index in [4.69, 9.17) is 5.73 Å². The minimum Gasteiger partial charge on any atom is -0.325 e. The number of hydrogen-bond donors (Lipinski definition) is 1. The third-order valence-electron chi connectivity index (χ3n) is 3.88. The van der Waals surface area contributed by atoms with Crippen LogP contribution in [0.5, 0.6) is 0 Å². The van der Waals surface area contributed by atoms with Crippen LogP contribution in [0.1, 0.15) is 64.4 Å². The Morgan fingerprint density at radius 1 is 0.944 bits per heavy atom. The molecular formula is C17H29N. The van der Waals surface area contributed by atoms with Crippen LogP contribution in [0.15, 0.2) is 30.3 Å². The van der Waals surface area contributed by atoms with Gasteiger partial charge in [-0.3, -0.25) is 0 Å². The van der Waals surface area contributed by atoms with Crippen molar-refractivity contribution in [3.8, 4) is 0 Å². The molecule has 0 spiro atoms. The molecule has 1 aromatic rings. The van der Waals surface area contributed by atoms with E-state index in [-0.39, 0.29) is 5.54 Å². The van der Waals surface area contributed by atoms with Gasteiger partial charge in [-0.2, -0.15) is 0 Å². The van der Waals surface area contributed by atoms with E-state index in [0.29, 0.717) is 0 Å². The topological polar surface area (TPSA) is 26.0 Å². The lowest BCUT2D eigenvalue weighted by atomic mass is 9.84. The molecule has 1 nitrogen and oxygen atoms in total. The summed E-state index contributed by atoms with van der Waals surface area (Å²) in [5, 5.41) is 0. The third-order valence-corrected chi connectivity index (χ3v) is 3.88. The molecule has 0 aromatic heterocycles. The van der Waals surface area contributed by atoms with Crippen LogP contribution in [0.2, 0.25) is 0 Å². The minimum absolute atomic E-state index is 0.00638. The molecule has 0 heterocycles. The maximum absolute atomic E-state index is 6.54. The van der Waals surface area contributed by atoms with Crippen LogP contribution >= 0.6 is 0 Å². The van der Waals surface area contributed by atoms with Crippen LogP contribution in [-0.4, -0.2) is 5.54 Å². The fourth-order valence-electron chi connectivity index (χ4n) is 2.47. The Morgan fingerprint density at radius 3 is 2.22 bits per heavy atom. The summed E-state index contributed by atoms with van der Waals surface area (Å²) < 4.78 is 0. The van der Waals surface area contributed by atoms with Crippen LogP contribution in [0.25, 0.3) is 0 Å². The highest BCUT2D eigenvalue weighted by molar-refractivity contribution is 5.17. The Balaban J connectivity index is 2.37. The highest BCUT2D eigenvalue weighted by Gasteiger charge is 2.22. The summed E-state index contributed by atoms with van der Waals surface area (Å²) in [7, 11) is 0. The molecule has 1 aromatic carbocycles. The maximum atomic E-state index is 6.54. The Kier molecular flexibility index (Phi) is 7.04. The van der Waals surface area contributed by atoms with Gasteiger partial charge in [-0.15, -0.1) is 0 Å². The van der Waals surface area contributed by atoms with Crippen LogP contribution in [0, 0.1) is 0 Å². The van der Waals surface area contributed by atoms with E-state index in [1.165, 1.54) is 37.7 Å². The van der Waals surface area contributed by atoms with Crippen molar-refractivity contribution < 1.29 is 0 Å². The fraction of sp³-hybridized carbons (Fsp3) is 0.647. The molecule has 0 radical (unpaired) electrons. The van der Waals surface area contributed by atoms with Crippen molar-refractivity contribution in [2.75, 3.05) is 0 Å². The van der Waals surface area contributed by atoms with Gasteiger partial charge < -0.3 is 5.73 Å². The monoisotopic (exact) mass is 247 g/mol. The third kappa shape index (κ3) is 5.68. The van der Waals surface area contributed by atoms with E-state index in [1.54, 1.807) is 0 Å². The predicted octanol–water partition coefficient (Wildman–Crippen LogP) is 4.70. The van der Waals surface area contributed by atoms with Gasteiger partial charge in [-0.05, 0) is 24.8 Å². The number of benzene rings is 1. The van der Waals surface area contributed by atoms with E-state index < -0.39 is 0 Å². The van der Waals surface area contributed by atoms with Gasteiger partial charge in [-0.25, -0.2) is 0 Å². The molecule has 102 valence electrons. The smallest absolute Gasteiger partial charge is 0.0192 e. The van der Waals surface area contributed by atoms with E-state index in [2.05, 4.69) is 44.2 Å². The standard InChI is InChI=1S/C17H29N/c1-3-5-6-7-11-14-17(18,4-2)15-16-12-9-8-10-13-16/h8-10,12-13H,3-7,11,14-15,18H2,1-2H3. The molecule has 0 saturated carbocycles. The zero-order chi connectivity index (χ0) is 13.3. The van der Waals surface area contributed by atoms with Gasteiger partial charge >= 0.3 is 0 Å². The maximum Gasteiger partial charge on any atom is 0.0192 e. The van der Waals surface area contributed by atoms with Crippen LogP contribution in [0.4, 0.5) is 0 Å². The Hall–Kier alpha value is -0.820. The summed E-state index contributed by atoms with van der Waals surface area (Å²) in [6.45, 7) is 4.48. The molecule has 0 amide bonds. The predicted molar refractivity (Wildman–Crippen MR) is 80.7 cm³/mol. The van der Waals surface area contributed by atoms with Gasteiger partial charge in [0.25, 0.3) is 0 Å². The molecule has 0 saturated heterocycles. The summed E-state index contributed by atoms with van der Waals surface area (Å²) in [6.07, 6.45) is 9.88. The van der Waals surface area contributed by atoms with Crippen molar-refractivity contribution in [2.45, 2.75) is 70.8 Å². The quantitative estimate of drug-likeness (QED) is 0.629. The van der Waals surface area contributed by atoms with E-state index in [0.717, 1.165) is 19.3 Å². The summed E-state index contributed by atoms with van der Waals surface area (Å²) >= 11 is 0. The summed E-state index contributed by atoms with van der Waals surface area (Å²) in [4.78, 5) is 0. The lowest BCUT2D eigenvalue weighted by Crippen LogP contribution is -2.41. The second kappa shape index (κ2) is 8.31. The normalized spacial score (nSPS) is 14.4. The first-order valence-electron chi connectivity index (χ1n) is 7.53. The fourth-order valence-corrected chi connectivity index (χ4v) is 2.47. The Labute approximate surface area is 113 Å². The van der Waals surface area contributed by atoms with Gasteiger partial charge in [0.15, 0.2) is 0 Å². The second-order valence-corrected chi connectivity index (χ2v) is 5.54. The van der Waals surface area contributed by atoms with E-state index in [1.807, 2.05) is 0 Å². The van der Waals surface area contributed by atoms with Crippen LogP contribution in [-0.2, 0) is 6.42 Å². The molecule has 1 heteroatoms. The first-order chi connectivity index (χ1) is 8.70. The van der Waals surface area contributed by atoms with Crippen molar-refractivity contribution in [2.24, 2.45) is 5.73 Å². The van der Waals surface area contributed by atoms with Gasteiger partial charge in [0, 0.05) is 5.54 Å². The van der Waals surface area contributed by atoms with Gasteiger partial charge in [0.1, 0.15) is 0 Å².